The van der Waals surface area contributed by atoms with E-state index in [1.165, 1.54) is 19.3 Å². The molecule has 10 nitrogen and oxygen atoms in total. The highest BCUT2D eigenvalue weighted by atomic mass is 19.2. The zero-order chi connectivity index (χ0) is 32.2. The normalized spacial score (nSPS) is 20.6. The molecule has 0 unspecified atom stereocenters. The molecule has 12 heteroatoms. The molecule has 5 amide bonds. The Morgan fingerprint density at radius 3 is 2.22 bits per heavy atom. The Labute approximate surface area is 268 Å². The van der Waals surface area contributed by atoms with Gasteiger partial charge in [-0.15, -0.1) is 0 Å². The highest BCUT2D eigenvalue weighted by Crippen LogP contribution is 2.28. The van der Waals surface area contributed by atoms with Crippen LogP contribution in [-0.4, -0.2) is 101 Å². The fraction of sp³-hybridized carbons (Fsp3) is 0.529. The van der Waals surface area contributed by atoms with Gasteiger partial charge in [-0.05, 0) is 81.4 Å². The van der Waals surface area contributed by atoms with Crippen molar-refractivity contribution in [2.24, 2.45) is 0 Å². The first-order valence-electron chi connectivity index (χ1n) is 16.5. The van der Waals surface area contributed by atoms with E-state index < -0.39 is 23.6 Å². The Balaban J connectivity index is 1.09. The second kappa shape index (κ2) is 14.1. The van der Waals surface area contributed by atoms with Crippen LogP contribution in [0.5, 0.6) is 0 Å². The van der Waals surface area contributed by atoms with Crippen LogP contribution in [0.4, 0.5) is 19.3 Å². The smallest absolute Gasteiger partial charge is 0.322 e. The molecule has 3 saturated heterocycles. The highest BCUT2D eigenvalue weighted by Gasteiger charge is 2.36. The number of carbonyl (C=O) groups is 4. The van der Waals surface area contributed by atoms with Gasteiger partial charge in [0.1, 0.15) is 6.04 Å². The average molecular weight is 637 g/mol. The first kappa shape index (κ1) is 31.9. The fourth-order valence-corrected chi connectivity index (χ4v) is 7.28. The van der Waals surface area contributed by atoms with E-state index in [0.29, 0.717) is 51.6 Å². The monoisotopic (exact) mass is 636 g/mol. The lowest BCUT2D eigenvalue weighted by atomic mass is 9.98. The molecule has 246 valence electrons. The van der Waals surface area contributed by atoms with E-state index in [1.807, 2.05) is 29.2 Å². The zero-order valence-electron chi connectivity index (χ0n) is 26.1. The van der Waals surface area contributed by atoms with Gasteiger partial charge in [0, 0.05) is 56.1 Å². The number of piperidine rings is 3. The maximum absolute atomic E-state index is 13.9. The summed E-state index contributed by atoms with van der Waals surface area (Å²) < 4.78 is 27.4. The van der Waals surface area contributed by atoms with Crippen molar-refractivity contribution in [3.63, 3.8) is 0 Å². The van der Waals surface area contributed by atoms with Crippen LogP contribution >= 0.6 is 0 Å². The van der Waals surface area contributed by atoms with Gasteiger partial charge in [-0.1, -0.05) is 24.6 Å². The molecule has 0 aromatic heterocycles. The summed E-state index contributed by atoms with van der Waals surface area (Å²) in [6, 6.07) is 9.57. The minimum Gasteiger partial charge on any atom is -0.342 e. The predicted molar refractivity (Wildman–Crippen MR) is 168 cm³/mol. The molecular weight excluding hydrogens is 594 g/mol. The van der Waals surface area contributed by atoms with Gasteiger partial charge in [-0.25, -0.2) is 13.6 Å². The Morgan fingerprint density at radius 2 is 1.50 bits per heavy atom. The van der Waals surface area contributed by atoms with Gasteiger partial charge >= 0.3 is 6.03 Å². The van der Waals surface area contributed by atoms with E-state index in [1.54, 1.807) is 9.80 Å². The van der Waals surface area contributed by atoms with Gasteiger partial charge in [0.25, 0.3) is 5.91 Å². The number of hydrogen-bond donors (Lipinski definition) is 2. The quantitative estimate of drug-likeness (QED) is 0.479. The van der Waals surface area contributed by atoms with Crippen molar-refractivity contribution in [3.05, 3.63) is 65.2 Å². The highest BCUT2D eigenvalue weighted by molar-refractivity contribution is 5.99. The molecule has 6 rings (SSSR count). The van der Waals surface area contributed by atoms with Gasteiger partial charge in [-0.2, -0.15) is 0 Å². The number of likely N-dealkylation sites (tertiary alicyclic amines) is 3. The van der Waals surface area contributed by atoms with Crippen molar-refractivity contribution in [1.29, 1.82) is 0 Å². The van der Waals surface area contributed by atoms with Crippen LogP contribution in [0.25, 0.3) is 0 Å². The number of fused-ring (bicyclic) bond motifs is 1. The van der Waals surface area contributed by atoms with Crippen molar-refractivity contribution in [1.82, 2.24) is 24.9 Å². The summed E-state index contributed by atoms with van der Waals surface area (Å²) in [5, 5.41) is 5.61. The number of halogens is 2. The van der Waals surface area contributed by atoms with Crippen LogP contribution in [0.15, 0.2) is 42.5 Å². The molecule has 0 aliphatic carbocycles. The Hall–Kier alpha value is -4.06. The fourth-order valence-electron chi connectivity index (χ4n) is 7.28. The summed E-state index contributed by atoms with van der Waals surface area (Å²) in [5.74, 6) is -3.62. The molecule has 1 atom stereocenters. The Kier molecular flexibility index (Phi) is 9.81. The van der Waals surface area contributed by atoms with Gasteiger partial charge in [0.05, 0.1) is 6.42 Å². The summed E-state index contributed by atoms with van der Waals surface area (Å²) in [6.45, 7) is 4.53. The second-order valence-corrected chi connectivity index (χ2v) is 12.8. The van der Waals surface area contributed by atoms with E-state index in [4.69, 9.17) is 0 Å². The van der Waals surface area contributed by atoms with Crippen LogP contribution in [0.1, 0.15) is 67.3 Å². The van der Waals surface area contributed by atoms with Crippen LogP contribution < -0.4 is 10.6 Å². The average Bonchev–Trinajstić information content (AvgIpc) is 3.09. The Bertz CT molecular complexity index is 1450. The van der Waals surface area contributed by atoms with E-state index >= 15 is 0 Å². The number of amides is 5. The number of nitrogens with zero attached hydrogens (tertiary/aromatic N) is 4. The largest absolute Gasteiger partial charge is 0.342 e. The maximum atomic E-state index is 13.9. The van der Waals surface area contributed by atoms with Crippen LogP contribution in [-0.2, 0) is 16.1 Å². The molecule has 0 saturated carbocycles. The molecule has 4 aliphatic heterocycles. The molecule has 0 spiro atoms. The standard InChI is InChI=1S/C34H42F2N6O4/c35-27-9-8-23(20-28(27)36)32(44)37-30(33(45)41-18-10-25(11-19-41)39-14-4-1-5-15-39)21-31(43)40-16-12-26(13-17-40)42-22-24-6-2-3-7-29(24)38-34(42)46/h2-3,6-9,20,25-26,30H,1,4-5,10-19,21-22H2,(H,37,44)(H,38,46)/t30-/m0/s1. The number of para-hydroxylation sites is 1. The number of rotatable bonds is 7. The first-order valence-corrected chi connectivity index (χ1v) is 16.5. The van der Waals surface area contributed by atoms with Gasteiger partial charge < -0.3 is 30.2 Å². The number of hydrogen-bond acceptors (Lipinski definition) is 5. The third-order valence-corrected chi connectivity index (χ3v) is 9.97. The van der Waals surface area contributed by atoms with Crippen molar-refractivity contribution in [2.75, 3.05) is 44.6 Å². The molecule has 2 aromatic rings. The number of benzene rings is 2. The predicted octanol–water partition coefficient (Wildman–Crippen LogP) is 3.97. The van der Waals surface area contributed by atoms with Crippen molar-refractivity contribution < 1.29 is 28.0 Å². The van der Waals surface area contributed by atoms with E-state index in [9.17, 15) is 28.0 Å². The third kappa shape index (κ3) is 7.16. The van der Waals surface area contributed by atoms with Gasteiger partial charge in [0.2, 0.25) is 11.8 Å². The molecule has 2 N–H and O–H groups in total. The molecule has 46 heavy (non-hydrogen) atoms. The lowest BCUT2D eigenvalue weighted by Crippen LogP contribution is -2.55. The second-order valence-electron chi connectivity index (χ2n) is 12.8. The third-order valence-electron chi connectivity index (χ3n) is 9.97. The van der Waals surface area contributed by atoms with Gasteiger partial charge in [-0.3, -0.25) is 14.4 Å². The van der Waals surface area contributed by atoms with Gasteiger partial charge in [0.15, 0.2) is 11.6 Å². The minimum atomic E-state index is -1.17. The molecule has 0 bridgehead atoms. The summed E-state index contributed by atoms with van der Waals surface area (Å²) in [4.78, 5) is 61.0. The molecule has 3 fully saturated rings. The maximum Gasteiger partial charge on any atom is 0.322 e. The van der Waals surface area contributed by atoms with E-state index in [0.717, 1.165) is 55.4 Å². The zero-order valence-corrected chi connectivity index (χ0v) is 26.1. The number of urea groups is 1. The molecular formula is C34H42F2N6O4. The number of nitrogens with one attached hydrogen (secondary N) is 2. The van der Waals surface area contributed by atoms with Crippen molar-refractivity contribution in [2.45, 2.75) is 76.0 Å². The Morgan fingerprint density at radius 1 is 0.826 bits per heavy atom. The number of anilines is 1. The first-order chi connectivity index (χ1) is 22.3. The summed E-state index contributed by atoms with van der Waals surface area (Å²) in [6.07, 6.45) is 6.21. The van der Waals surface area contributed by atoms with E-state index in [2.05, 4.69) is 15.5 Å². The van der Waals surface area contributed by atoms with Crippen LogP contribution in [0.3, 0.4) is 0 Å². The summed E-state index contributed by atoms with van der Waals surface area (Å²) in [7, 11) is 0. The molecule has 4 heterocycles. The molecule has 2 aromatic carbocycles. The van der Waals surface area contributed by atoms with Crippen LogP contribution in [0, 0.1) is 11.6 Å². The van der Waals surface area contributed by atoms with Crippen molar-refractivity contribution in [3.8, 4) is 0 Å². The summed E-state index contributed by atoms with van der Waals surface area (Å²) in [5.41, 5.74) is 1.72. The SMILES string of the molecule is O=C(N[C@@H](CC(=O)N1CCC(N2Cc3ccccc3NC2=O)CC1)C(=O)N1CCC(N2CCCCC2)CC1)c1ccc(F)c(F)c1. The topological polar surface area (TPSA) is 105 Å². The number of carbonyl (C=O) groups excluding carboxylic acids is 4. The lowest BCUT2D eigenvalue weighted by Gasteiger charge is -2.41. The lowest BCUT2D eigenvalue weighted by molar-refractivity contribution is -0.140. The molecule has 0 radical (unpaired) electrons. The van der Waals surface area contributed by atoms with E-state index in [-0.39, 0.29) is 35.9 Å². The summed E-state index contributed by atoms with van der Waals surface area (Å²) >= 11 is 0. The van der Waals surface area contributed by atoms with Crippen LogP contribution in [0.2, 0.25) is 0 Å². The van der Waals surface area contributed by atoms with Crippen molar-refractivity contribution >= 4 is 29.4 Å². The molecule has 4 aliphatic rings. The minimum absolute atomic E-state index is 0.0379.